The standard InChI is InChI=1S/C19H22F2N2O3/c1-13-3-5-15(26-13)10-22-12-19(25)7-2-8-23(18(19)24)11-14-4-6-16(20)17(21)9-14/h3-6,9,22,25H,2,7-8,10-12H2,1H3. The van der Waals surface area contributed by atoms with Gasteiger partial charge >= 0.3 is 0 Å². The van der Waals surface area contributed by atoms with Crippen molar-refractivity contribution in [1.82, 2.24) is 10.2 Å². The van der Waals surface area contributed by atoms with Crippen molar-refractivity contribution in [3.8, 4) is 0 Å². The van der Waals surface area contributed by atoms with Crippen LogP contribution in [0.3, 0.4) is 0 Å². The predicted molar refractivity (Wildman–Crippen MR) is 91.1 cm³/mol. The summed E-state index contributed by atoms with van der Waals surface area (Å²) in [6, 6.07) is 7.24. The zero-order valence-corrected chi connectivity index (χ0v) is 14.6. The van der Waals surface area contributed by atoms with Gasteiger partial charge in [-0.05, 0) is 49.6 Å². The van der Waals surface area contributed by atoms with Crippen molar-refractivity contribution in [3.05, 3.63) is 59.1 Å². The molecule has 2 N–H and O–H groups in total. The Morgan fingerprint density at radius 1 is 1.27 bits per heavy atom. The lowest BCUT2D eigenvalue weighted by atomic mass is 9.91. The van der Waals surface area contributed by atoms with Crippen LogP contribution < -0.4 is 5.32 Å². The topological polar surface area (TPSA) is 65.7 Å². The van der Waals surface area contributed by atoms with Gasteiger partial charge < -0.3 is 19.7 Å². The number of halogens is 2. The molecule has 0 aliphatic carbocycles. The Kier molecular flexibility index (Phi) is 5.38. The Hall–Kier alpha value is -2.25. The second kappa shape index (κ2) is 7.55. The molecule has 1 saturated heterocycles. The molecule has 0 bridgehead atoms. The second-order valence-corrected chi connectivity index (χ2v) is 6.73. The van der Waals surface area contributed by atoms with Gasteiger partial charge in [0.25, 0.3) is 5.91 Å². The zero-order chi connectivity index (χ0) is 18.7. The maximum absolute atomic E-state index is 13.4. The number of carbonyl (C=O) groups excluding carboxylic acids is 1. The number of nitrogens with one attached hydrogen (secondary N) is 1. The molecule has 0 saturated carbocycles. The van der Waals surface area contributed by atoms with Crippen LogP contribution in [0.2, 0.25) is 0 Å². The number of benzene rings is 1. The second-order valence-electron chi connectivity index (χ2n) is 6.73. The van der Waals surface area contributed by atoms with Gasteiger partial charge in [-0.1, -0.05) is 6.07 Å². The van der Waals surface area contributed by atoms with E-state index in [4.69, 9.17) is 4.42 Å². The molecule has 1 atom stereocenters. The van der Waals surface area contributed by atoms with Crippen LogP contribution in [0, 0.1) is 18.6 Å². The number of carbonyl (C=O) groups is 1. The van der Waals surface area contributed by atoms with Crippen LogP contribution in [0.5, 0.6) is 0 Å². The fourth-order valence-electron chi connectivity index (χ4n) is 3.21. The molecule has 5 nitrogen and oxygen atoms in total. The minimum absolute atomic E-state index is 0.0971. The van der Waals surface area contributed by atoms with Crippen molar-refractivity contribution in [2.45, 2.75) is 38.5 Å². The van der Waals surface area contributed by atoms with Gasteiger partial charge in [0.05, 0.1) is 6.54 Å². The Labute approximate surface area is 150 Å². The van der Waals surface area contributed by atoms with Gasteiger partial charge in [0, 0.05) is 19.6 Å². The Morgan fingerprint density at radius 3 is 2.77 bits per heavy atom. The van der Waals surface area contributed by atoms with Crippen LogP contribution in [0.1, 0.15) is 29.9 Å². The molecule has 1 aliphatic rings. The van der Waals surface area contributed by atoms with E-state index < -0.39 is 23.1 Å². The molecule has 1 amide bonds. The Balaban J connectivity index is 1.61. The largest absolute Gasteiger partial charge is 0.465 e. The van der Waals surface area contributed by atoms with Crippen LogP contribution in [0.15, 0.2) is 34.7 Å². The molecule has 1 unspecified atom stereocenters. The molecule has 3 rings (SSSR count). The summed E-state index contributed by atoms with van der Waals surface area (Å²) >= 11 is 0. The predicted octanol–water partition coefficient (Wildman–Crippen LogP) is 2.51. The third-order valence-corrected chi connectivity index (χ3v) is 4.57. The number of amides is 1. The fourth-order valence-corrected chi connectivity index (χ4v) is 3.21. The molecule has 1 fully saturated rings. The highest BCUT2D eigenvalue weighted by molar-refractivity contribution is 5.86. The van der Waals surface area contributed by atoms with Crippen LogP contribution in [-0.2, 0) is 17.9 Å². The molecule has 1 aliphatic heterocycles. The summed E-state index contributed by atoms with van der Waals surface area (Å²) < 4.78 is 31.9. The summed E-state index contributed by atoms with van der Waals surface area (Å²) in [6.07, 6.45) is 0.984. The molecule has 140 valence electrons. The van der Waals surface area contributed by atoms with Crippen molar-refractivity contribution in [1.29, 1.82) is 0 Å². The number of furan rings is 1. The molecule has 1 aromatic heterocycles. The molecule has 1 aromatic carbocycles. The summed E-state index contributed by atoms with van der Waals surface area (Å²) in [6.45, 7) is 2.96. The average molecular weight is 364 g/mol. The molecule has 2 heterocycles. The van der Waals surface area contributed by atoms with E-state index in [0.717, 1.165) is 23.7 Å². The van der Waals surface area contributed by atoms with Gasteiger partial charge in [0.15, 0.2) is 17.2 Å². The van der Waals surface area contributed by atoms with Crippen molar-refractivity contribution in [2.24, 2.45) is 0 Å². The molecule has 0 radical (unpaired) electrons. The maximum atomic E-state index is 13.4. The number of aryl methyl sites for hydroxylation is 1. The molecule has 26 heavy (non-hydrogen) atoms. The van der Waals surface area contributed by atoms with Gasteiger partial charge in [-0.2, -0.15) is 0 Å². The lowest BCUT2D eigenvalue weighted by molar-refractivity contribution is -0.157. The first-order chi connectivity index (χ1) is 12.4. The summed E-state index contributed by atoms with van der Waals surface area (Å²) in [7, 11) is 0. The quantitative estimate of drug-likeness (QED) is 0.827. The van der Waals surface area contributed by atoms with E-state index in [1.165, 1.54) is 11.0 Å². The number of likely N-dealkylation sites (tertiary alicyclic amines) is 1. The van der Waals surface area contributed by atoms with Gasteiger partial charge in [-0.25, -0.2) is 8.78 Å². The summed E-state index contributed by atoms with van der Waals surface area (Å²) in [4.78, 5) is 14.2. The van der Waals surface area contributed by atoms with Gasteiger partial charge in [0.1, 0.15) is 11.5 Å². The molecule has 2 aromatic rings. The van der Waals surface area contributed by atoms with Crippen molar-refractivity contribution in [2.75, 3.05) is 13.1 Å². The number of rotatable bonds is 6. The van der Waals surface area contributed by atoms with Crippen LogP contribution in [0.25, 0.3) is 0 Å². The SMILES string of the molecule is Cc1ccc(CNCC2(O)CCCN(Cc3ccc(F)c(F)c3)C2=O)o1. The van der Waals surface area contributed by atoms with E-state index in [2.05, 4.69) is 5.32 Å². The van der Waals surface area contributed by atoms with E-state index >= 15 is 0 Å². The Morgan fingerprint density at radius 2 is 2.08 bits per heavy atom. The minimum Gasteiger partial charge on any atom is -0.465 e. The van der Waals surface area contributed by atoms with Crippen molar-refractivity contribution in [3.63, 3.8) is 0 Å². The van der Waals surface area contributed by atoms with E-state index in [1.54, 1.807) is 0 Å². The van der Waals surface area contributed by atoms with Crippen LogP contribution >= 0.6 is 0 Å². The highest BCUT2D eigenvalue weighted by atomic mass is 19.2. The summed E-state index contributed by atoms with van der Waals surface area (Å²) in [5, 5.41) is 13.8. The first kappa shape index (κ1) is 18.5. The van der Waals surface area contributed by atoms with Crippen molar-refractivity contribution >= 4 is 5.91 Å². The first-order valence-corrected chi connectivity index (χ1v) is 8.59. The van der Waals surface area contributed by atoms with E-state index in [0.29, 0.717) is 31.5 Å². The lowest BCUT2D eigenvalue weighted by Crippen LogP contribution is -2.57. The van der Waals surface area contributed by atoms with Gasteiger partial charge in [-0.3, -0.25) is 4.79 Å². The first-order valence-electron chi connectivity index (χ1n) is 8.59. The van der Waals surface area contributed by atoms with Crippen LogP contribution in [0.4, 0.5) is 8.78 Å². The number of aliphatic hydroxyl groups is 1. The molecular formula is C19H22F2N2O3. The summed E-state index contributed by atoms with van der Waals surface area (Å²) in [5.74, 6) is -0.748. The van der Waals surface area contributed by atoms with Crippen LogP contribution in [-0.4, -0.2) is 34.6 Å². The molecule has 7 heteroatoms. The molecule has 0 spiro atoms. The third kappa shape index (κ3) is 4.11. The van der Waals surface area contributed by atoms with Gasteiger partial charge in [0.2, 0.25) is 0 Å². The fraction of sp³-hybridized carbons (Fsp3) is 0.421. The average Bonchev–Trinajstić information content (AvgIpc) is 3.01. The lowest BCUT2D eigenvalue weighted by Gasteiger charge is -2.38. The number of hydrogen-bond donors (Lipinski definition) is 2. The monoisotopic (exact) mass is 364 g/mol. The van der Waals surface area contributed by atoms with E-state index in [9.17, 15) is 18.7 Å². The van der Waals surface area contributed by atoms with Gasteiger partial charge in [-0.15, -0.1) is 0 Å². The molecular weight excluding hydrogens is 342 g/mol. The minimum atomic E-state index is -1.52. The number of hydrogen-bond acceptors (Lipinski definition) is 4. The smallest absolute Gasteiger partial charge is 0.256 e. The zero-order valence-electron chi connectivity index (χ0n) is 14.6. The third-order valence-electron chi connectivity index (χ3n) is 4.57. The summed E-state index contributed by atoms with van der Waals surface area (Å²) in [5.41, 5.74) is -1.03. The number of piperidine rings is 1. The highest BCUT2D eigenvalue weighted by Gasteiger charge is 2.41. The van der Waals surface area contributed by atoms with Crippen molar-refractivity contribution < 1.29 is 23.1 Å². The Bertz CT molecular complexity index is 793. The van der Waals surface area contributed by atoms with E-state index in [-0.39, 0.29) is 13.1 Å². The highest BCUT2D eigenvalue weighted by Crippen LogP contribution is 2.24. The number of nitrogens with zero attached hydrogens (tertiary/aromatic N) is 1. The normalized spacial score (nSPS) is 20.6. The maximum Gasteiger partial charge on any atom is 0.256 e. The van der Waals surface area contributed by atoms with E-state index in [1.807, 2.05) is 19.1 Å².